The van der Waals surface area contributed by atoms with Gasteiger partial charge in [0.25, 0.3) is 0 Å². The number of hydrogen-bond acceptors (Lipinski definition) is 6. The third-order valence-corrected chi connectivity index (χ3v) is 3.93. The fraction of sp³-hybridized carbons (Fsp3) is 0.200. The van der Waals surface area contributed by atoms with Crippen molar-refractivity contribution in [2.75, 3.05) is 36.5 Å². The first-order valence-electron chi connectivity index (χ1n) is 8.52. The third-order valence-electron chi connectivity index (χ3n) is 3.93. The van der Waals surface area contributed by atoms with Gasteiger partial charge in [-0.15, -0.1) is 0 Å². The van der Waals surface area contributed by atoms with Gasteiger partial charge < -0.3 is 20.4 Å². The molecular weight excluding hydrogens is 328 g/mol. The Balaban J connectivity index is 1.73. The lowest BCUT2D eigenvalue weighted by Crippen LogP contribution is -2.29. The van der Waals surface area contributed by atoms with Crippen LogP contribution in [0, 0.1) is 0 Å². The molecule has 0 spiro atoms. The zero-order valence-electron chi connectivity index (χ0n) is 14.4. The number of nitrogens with zero attached hydrogens (tertiary/aromatic N) is 3. The molecule has 0 saturated carbocycles. The molecule has 6 nitrogen and oxygen atoms in total. The Hall–Kier alpha value is -2.96. The van der Waals surface area contributed by atoms with Crippen molar-refractivity contribution >= 4 is 17.2 Å². The average molecular weight is 350 g/mol. The summed E-state index contributed by atoms with van der Waals surface area (Å²) in [7, 11) is 0. The summed E-state index contributed by atoms with van der Waals surface area (Å²) in [5.74, 6) is 1.39. The van der Waals surface area contributed by atoms with Crippen LogP contribution in [0.15, 0.2) is 66.9 Å². The van der Waals surface area contributed by atoms with E-state index in [9.17, 15) is 0 Å². The van der Waals surface area contributed by atoms with Crippen molar-refractivity contribution in [2.45, 2.75) is 0 Å². The van der Waals surface area contributed by atoms with Crippen LogP contribution in [0.5, 0.6) is 0 Å². The van der Waals surface area contributed by atoms with Gasteiger partial charge in [-0.3, -0.25) is 0 Å². The van der Waals surface area contributed by atoms with E-state index < -0.39 is 0 Å². The van der Waals surface area contributed by atoms with Crippen LogP contribution in [0.25, 0.3) is 11.4 Å². The molecule has 1 aromatic heterocycles. The van der Waals surface area contributed by atoms with Gasteiger partial charge in [-0.05, 0) is 30.3 Å². The van der Waals surface area contributed by atoms with Crippen molar-refractivity contribution < 1.29 is 10.2 Å². The third kappa shape index (κ3) is 4.56. The highest BCUT2D eigenvalue weighted by atomic mass is 16.3. The largest absolute Gasteiger partial charge is 0.395 e. The van der Waals surface area contributed by atoms with Gasteiger partial charge in [0, 0.05) is 36.2 Å². The molecule has 0 radical (unpaired) electrons. The lowest BCUT2D eigenvalue weighted by Gasteiger charge is -2.23. The van der Waals surface area contributed by atoms with Gasteiger partial charge in [0.2, 0.25) is 0 Å². The van der Waals surface area contributed by atoms with Crippen LogP contribution in [-0.2, 0) is 0 Å². The Kier molecular flexibility index (Phi) is 6.14. The number of anilines is 3. The quantitative estimate of drug-likeness (QED) is 0.579. The minimum absolute atomic E-state index is 0.0448. The van der Waals surface area contributed by atoms with Crippen molar-refractivity contribution in [3.8, 4) is 11.4 Å². The molecule has 0 saturated heterocycles. The van der Waals surface area contributed by atoms with Crippen molar-refractivity contribution in [1.29, 1.82) is 0 Å². The van der Waals surface area contributed by atoms with Crippen LogP contribution >= 0.6 is 0 Å². The molecule has 26 heavy (non-hydrogen) atoms. The minimum Gasteiger partial charge on any atom is -0.395 e. The maximum absolute atomic E-state index is 9.14. The van der Waals surface area contributed by atoms with Crippen LogP contribution < -0.4 is 10.2 Å². The molecule has 0 bridgehead atoms. The predicted molar refractivity (Wildman–Crippen MR) is 104 cm³/mol. The van der Waals surface area contributed by atoms with Crippen molar-refractivity contribution in [1.82, 2.24) is 9.97 Å². The molecule has 2 aromatic carbocycles. The van der Waals surface area contributed by atoms with Gasteiger partial charge >= 0.3 is 0 Å². The number of rotatable bonds is 8. The SMILES string of the molecule is OCCN(CCO)c1ccc(Nc2ccnc(-c3ccccc3)n2)cc1. The lowest BCUT2D eigenvalue weighted by atomic mass is 10.2. The predicted octanol–water partition coefficient (Wildman–Crippen LogP) is 2.68. The molecule has 3 N–H and O–H groups in total. The molecule has 3 aromatic rings. The fourth-order valence-corrected chi connectivity index (χ4v) is 2.67. The summed E-state index contributed by atoms with van der Waals surface area (Å²) in [6.07, 6.45) is 1.73. The standard InChI is InChI=1S/C20H22N4O2/c25-14-12-24(13-15-26)18-8-6-17(7-9-18)22-19-10-11-21-20(23-19)16-4-2-1-3-5-16/h1-11,25-26H,12-15H2,(H,21,22,23). The summed E-state index contributed by atoms with van der Waals surface area (Å²) in [6, 6.07) is 19.5. The van der Waals surface area contributed by atoms with E-state index in [1.54, 1.807) is 6.20 Å². The molecule has 0 aliphatic carbocycles. The van der Waals surface area contributed by atoms with Crippen LogP contribution in [-0.4, -0.2) is 46.5 Å². The first-order chi connectivity index (χ1) is 12.8. The van der Waals surface area contributed by atoms with Crippen molar-refractivity contribution in [3.63, 3.8) is 0 Å². The first-order valence-corrected chi connectivity index (χ1v) is 8.52. The maximum Gasteiger partial charge on any atom is 0.161 e. The molecule has 0 aliphatic rings. The summed E-state index contributed by atoms with van der Waals surface area (Å²) < 4.78 is 0. The molecule has 3 rings (SSSR count). The summed E-state index contributed by atoms with van der Waals surface area (Å²) in [5, 5.41) is 21.6. The smallest absolute Gasteiger partial charge is 0.161 e. The Morgan fingerprint density at radius 3 is 2.19 bits per heavy atom. The summed E-state index contributed by atoms with van der Waals surface area (Å²) in [6.45, 7) is 1.06. The number of aliphatic hydroxyl groups is 2. The molecule has 0 fully saturated rings. The highest BCUT2D eigenvalue weighted by Gasteiger charge is 2.06. The van der Waals surface area contributed by atoms with Crippen LogP contribution in [0.4, 0.5) is 17.2 Å². The molecular formula is C20H22N4O2. The van der Waals surface area contributed by atoms with Gasteiger partial charge in [-0.1, -0.05) is 30.3 Å². The van der Waals surface area contributed by atoms with Crippen molar-refractivity contribution in [3.05, 3.63) is 66.9 Å². The Morgan fingerprint density at radius 2 is 1.54 bits per heavy atom. The molecule has 0 aliphatic heterocycles. The van der Waals surface area contributed by atoms with E-state index in [-0.39, 0.29) is 13.2 Å². The Morgan fingerprint density at radius 1 is 0.846 bits per heavy atom. The van der Waals surface area contributed by atoms with E-state index in [0.717, 1.165) is 16.9 Å². The monoisotopic (exact) mass is 350 g/mol. The van der Waals surface area contributed by atoms with Gasteiger partial charge in [-0.25, -0.2) is 9.97 Å². The molecule has 0 unspecified atom stereocenters. The van der Waals surface area contributed by atoms with E-state index in [1.165, 1.54) is 0 Å². The van der Waals surface area contributed by atoms with Crippen LogP contribution in [0.1, 0.15) is 0 Å². The molecule has 0 atom stereocenters. The van der Waals surface area contributed by atoms with E-state index in [1.807, 2.05) is 65.6 Å². The number of nitrogens with one attached hydrogen (secondary N) is 1. The normalized spacial score (nSPS) is 10.5. The molecule has 134 valence electrons. The zero-order chi connectivity index (χ0) is 18.2. The average Bonchev–Trinajstić information content (AvgIpc) is 2.69. The second-order valence-corrected chi connectivity index (χ2v) is 5.74. The van der Waals surface area contributed by atoms with Gasteiger partial charge in [0.15, 0.2) is 5.82 Å². The van der Waals surface area contributed by atoms with E-state index in [4.69, 9.17) is 10.2 Å². The maximum atomic E-state index is 9.14. The topological polar surface area (TPSA) is 81.5 Å². The highest BCUT2D eigenvalue weighted by Crippen LogP contribution is 2.21. The van der Waals surface area contributed by atoms with Gasteiger partial charge in [-0.2, -0.15) is 0 Å². The lowest BCUT2D eigenvalue weighted by molar-refractivity contribution is 0.281. The molecule has 1 heterocycles. The second-order valence-electron chi connectivity index (χ2n) is 5.74. The van der Waals surface area contributed by atoms with Crippen LogP contribution in [0.3, 0.4) is 0 Å². The zero-order valence-corrected chi connectivity index (χ0v) is 14.4. The highest BCUT2D eigenvalue weighted by molar-refractivity contribution is 5.63. The number of hydrogen-bond donors (Lipinski definition) is 3. The number of benzene rings is 2. The number of aromatic nitrogens is 2. The summed E-state index contributed by atoms with van der Waals surface area (Å²) >= 11 is 0. The fourth-order valence-electron chi connectivity index (χ4n) is 2.67. The van der Waals surface area contributed by atoms with E-state index in [0.29, 0.717) is 24.7 Å². The summed E-state index contributed by atoms with van der Waals surface area (Å²) in [5.41, 5.74) is 2.82. The van der Waals surface area contributed by atoms with Crippen LogP contribution in [0.2, 0.25) is 0 Å². The first kappa shape index (κ1) is 17.8. The Bertz CT molecular complexity index is 804. The van der Waals surface area contributed by atoms with E-state index in [2.05, 4.69) is 15.3 Å². The van der Waals surface area contributed by atoms with Gasteiger partial charge in [0.05, 0.1) is 13.2 Å². The molecule has 6 heteroatoms. The van der Waals surface area contributed by atoms with Gasteiger partial charge in [0.1, 0.15) is 5.82 Å². The van der Waals surface area contributed by atoms with Crippen molar-refractivity contribution in [2.24, 2.45) is 0 Å². The second kappa shape index (κ2) is 8.94. The minimum atomic E-state index is 0.0448. The number of aliphatic hydroxyl groups excluding tert-OH is 2. The summed E-state index contributed by atoms with van der Waals surface area (Å²) in [4.78, 5) is 10.8. The van der Waals surface area contributed by atoms with E-state index >= 15 is 0 Å². The Labute approximate surface area is 152 Å². The molecule has 0 amide bonds.